The van der Waals surface area contributed by atoms with Gasteiger partial charge in [-0.2, -0.15) is 0 Å². The molecule has 0 aromatic heterocycles. The standard InChI is InChI=1S/C17H27NOS/c1-13-5-8-15(19-13)12-20-16-9-6-14(7-10-16)11-18-17(2,3)4/h6-7,9-10,13,15,18H,5,8,11-12H2,1-4H3. The van der Waals surface area contributed by atoms with Crippen molar-refractivity contribution in [3.05, 3.63) is 29.8 Å². The zero-order chi connectivity index (χ0) is 14.6. The van der Waals surface area contributed by atoms with Gasteiger partial charge in [-0.3, -0.25) is 0 Å². The van der Waals surface area contributed by atoms with Crippen LogP contribution in [0.4, 0.5) is 0 Å². The number of nitrogens with one attached hydrogen (secondary N) is 1. The van der Waals surface area contributed by atoms with Crippen LogP contribution in [0.15, 0.2) is 29.2 Å². The van der Waals surface area contributed by atoms with Crippen LogP contribution in [0.1, 0.15) is 46.1 Å². The van der Waals surface area contributed by atoms with Crippen LogP contribution in [0.5, 0.6) is 0 Å². The van der Waals surface area contributed by atoms with Crippen molar-refractivity contribution < 1.29 is 4.74 Å². The molecule has 1 heterocycles. The first-order valence-electron chi connectivity index (χ1n) is 7.54. The van der Waals surface area contributed by atoms with E-state index in [1.807, 2.05) is 11.8 Å². The molecule has 1 aliphatic heterocycles. The largest absolute Gasteiger partial charge is 0.374 e. The van der Waals surface area contributed by atoms with Crippen LogP contribution >= 0.6 is 11.8 Å². The van der Waals surface area contributed by atoms with Crippen LogP contribution in [0.2, 0.25) is 0 Å². The van der Waals surface area contributed by atoms with Gasteiger partial charge >= 0.3 is 0 Å². The van der Waals surface area contributed by atoms with Gasteiger partial charge in [0.15, 0.2) is 0 Å². The topological polar surface area (TPSA) is 21.3 Å². The zero-order valence-corrected chi connectivity index (χ0v) is 13.9. The van der Waals surface area contributed by atoms with E-state index in [0.29, 0.717) is 12.2 Å². The number of rotatable bonds is 5. The molecule has 0 saturated carbocycles. The molecule has 1 fully saturated rings. The number of ether oxygens (including phenoxy) is 1. The van der Waals surface area contributed by atoms with Crippen molar-refractivity contribution in [1.82, 2.24) is 5.32 Å². The molecule has 0 aliphatic carbocycles. The molecule has 1 saturated heterocycles. The molecule has 1 aliphatic rings. The Kier molecular flexibility index (Phi) is 5.53. The molecular formula is C17H27NOS. The quantitative estimate of drug-likeness (QED) is 0.821. The zero-order valence-electron chi connectivity index (χ0n) is 13.1. The molecule has 2 atom stereocenters. The molecular weight excluding hydrogens is 266 g/mol. The molecule has 1 N–H and O–H groups in total. The fourth-order valence-electron chi connectivity index (χ4n) is 2.27. The van der Waals surface area contributed by atoms with Crippen molar-refractivity contribution in [1.29, 1.82) is 0 Å². The monoisotopic (exact) mass is 293 g/mol. The lowest BCUT2D eigenvalue weighted by Gasteiger charge is -2.20. The van der Waals surface area contributed by atoms with Crippen LogP contribution < -0.4 is 5.32 Å². The van der Waals surface area contributed by atoms with Gasteiger partial charge in [-0.05, 0) is 58.2 Å². The minimum atomic E-state index is 0.171. The van der Waals surface area contributed by atoms with Gasteiger partial charge in [0.2, 0.25) is 0 Å². The van der Waals surface area contributed by atoms with E-state index in [2.05, 4.69) is 57.3 Å². The molecule has 112 valence electrons. The summed E-state index contributed by atoms with van der Waals surface area (Å²) in [5, 5.41) is 3.51. The van der Waals surface area contributed by atoms with Crippen molar-refractivity contribution in [2.45, 2.75) is 69.7 Å². The Balaban J connectivity index is 1.76. The molecule has 0 radical (unpaired) electrons. The van der Waals surface area contributed by atoms with E-state index < -0.39 is 0 Å². The first-order chi connectivity index (χ1) is 9.42. The van der Waals surface area contributed by atoms with Crippen LogP contribution in [0, 0.1) is 0 Å². The van der Waals surface area contributed by atoms with E-state index in [-0.39, 0.29) is 5.54 Å². The van der Waals surface area contributed by atoms with Crippen LogP contribution in [0.3, 0.4) is 0 Å². The minimum absolute atomic E-state index is 0.171. The van der Waals surface area contributed by atoms with Gasteiger partial charge in [0.05, 0.1) is 12.2 Å². The normalized spacial score (nSPS) is 23.2. The average Bonchev–Trinajstić information content (AvgIpc) is 2.80. The molecule has 20 heavy (non-hydrogen) atoms. The smallest absolute Gasteiger partial charge is 0.0673 e. The molecule has 0 bridgehead atoms. The summed E-state index contributed by atoms with van der Waals surface area (Å²) in [6, 6.07) is 8.89. The summed E-state index contributed by atoms with van der Waals surface area (Å²) in [7, 11) is 0. The summed E-state index contributed by atoms with van der Waals surface area (Å²) >= 11 is 1.91. The van der Waals surface area contributed by atoms with E-state index in [1.165, 1.54) is 23.3 Å². The second-order valence-electron chi connectivity index (χ2n) is 6.70. The van der Waals surface area contributed by atoms with Crippen molar-refractivity contribution in [2.75, 3.05) is 5.75 Å². The first kappa shape index (κ1) is 15.9. The van der Waals surface area contributed by atoms with E-state index >= 15 is 0 Å². The second-order valence-corrected chi connectivity index (χ2v) is 7.80. The average molecular weight is 293 g/mol. The number of thioether (sulfide) groups is 1. The van der Waals surface area contributed by atoms with E-state index in [4.69, 9.17) is 4.74 Å². The SMILES string of the molecule is CC1CCC(CSc2ccc(CNC(C)(C)C)cc2)O1. The van der Waals surface area contributed by atoms with E-state index in [1.54, 1.807) is 0 Å². The maximum atomic E-state index is 5.85. The molecule has 3 heteroatoms. The van der Waals surface area contributed by atoms with Crippen LogP contribution in [0.25, 0.3) is 0 Å². The number of benzene rings is 1. The van der Waals surface area contributed by atoms with Gasteiger partial charge in [0.1, 0.15) is 0 Å². The molecule has 2 unspecified atom stereocenters. The van der Waals surface area contributed by atoms with Crippen LogP contribution in [-0.2, 0) is 11.3 Å². The summed E-state index contributed by atoms with van der Waals surface area (Å²) < 4.78 is 5.85. The van der Waals surface area contributed by atoms with Gasteiger partial charge in [-0.1, -0.05) is 12.1 Å². The Morgan fingerprint density at radius 1 is 1.20 bits per heavy atom. The predicted molar refractivity (Wildman–Crippen MR) is 87.3 cm³/mol. The van der Waals surface area contributed by atoms with Gasteiger partial charge in [-0.15, -0.1) is 11.8 Å². The Morgan fingerprint density at radius 3 is 2.45 bits per heavy atom. The lowest BCUT2D eigenvalue weighted by Crippen LogP contribution is -2.35. The molecule has 2 rings (SSSR count). The summed E-state index contributed by atoms with van der Waals surface area (Å²) in [4.78, 5) is 1.34. The van der Waals surface area contributed by atoms with E-state index in [9.17, 15) is 0 Å². The van der Waals surface area contributed by atoms with Gasteiger partial charge in [-0.25, -0.2) is 0 Å². The fraction of sp³-hybridized carbons (Fsp3) is 0.647. The molecule has 2 nitrogen and oxygen atoms in total. The molecule has 1 aromatic carbocycles. The summed E-state index contributed by atoms with van der Waals surface area (Å²) in [5.41, 5.74) is 1.51. The highest BCUT2D eigenvalue weighted by molar-refractivity contribution is 7.99. The lowest BCUT2D eigenvalue weighted by atomic mass is 10.1. The molecule has 1 aromatic rings. The fourth-order valence-corrected chi connectivity index (χ4v) is 3.22. The minimum Gasteiger partial charge on any atom is -0.374 e. The predicted octanol–water partition coefficient (Wildman–Crippen LogP) is 4.23. The van der Waals surface area contributed by atoms with Gasteiger partial charge in [0, 0.05) is 22.7 Å². The number of hydrogen-bond donors (Lipinski definition) is 1. The first-order valence-corrected chi connectivity index (χ1v) is 8.53. The summed E-state index contributed by atoms with van der Waals surface area (Å²) in [6.45, 7) is 9.68. The van der Waals surface area contributed by atoms with Crippen molar-refractivity contribution in [2.24, 2.45) is 0 Å². The van der Waals surface area contributed by atoms with Gasteiger partial charge < -0.3 is 10.1 Å². The lowest BCUT2D eigenvalue weighted by molar-refractivity contribution is 0.0700. The highest BCUT2D eigenvalue weighted by atomic mass is 32.2. The Hall–Kier alpha value is -0.510. The van der Waals surface area contributed by atoms with Crippen LogP contribution in [-0.4, -0.2) is 23.5 Å². The third-order valence-electron chi connectivity index (χ3n) is 3.50. The molecule has 0 spiro atoms. The maximum absolute atomic E-state index is 5.85. The van der Waals surface area contributed by atoms with Crippen molar-refractivity contribution in [3.63, 3.8) is 0 Å². The summed E-state index contributed by atoms with van der Waals surface area (Å²) in [6.07, 6.45) is 3.31. The second kappa shape index (κ2) is 6.97. The van der Waals surface area contributed by atoms with Crippen molar-refractivity contribution >= 4 is 11.8 Å². The molecule has 0 amide bonds. The third kappa shape index (κ3) is 5.47. The Bertz CT molecular complexity index is 410. The van der Waals surface area contributed by atoms with Crippen molar-refractivity contribution in [3.8, 4) is 0 Å². The summed E-state index contributed by atoms with van der Waals surface area (Å²) in [5.74, 6) is 1.07. The third-order valence-corrected chi connectivity index (χ3v) is 4.65. The Morgan fingerprint density at radius 2 is 1.90 bits per heavy atom. The van der Waals surface area contributed by atoms with E-state index in [0.717, 1.165) is 12.3 Å². The number of hydrogen-bond acceptors (Lipinski definition) is 3. The Labute approximate surface area is 127 Å². The highest BCUT2D eigenvalue weighted by Crippen LogP contribution is 2.26. The highest BCUT2D eigenvalue weighted by Gasteiger charge is 2.21. The van der Waals surface area contributed by atoms with Gasteiger partial charge in [0.25, 0.3) is 0 Å². The maximum Gasteiger partial charge on any atom is 0.0673 e.